The van der Waals surface area contributed by atoms with Crippen LogP contribution in [-0.4, -0.2) is 11.9 Å². The molecule has 0 spiro atoms. The molecule has 0 saturated heterocycles. The van der Waals surface area contributed by atoms with Gasteiger partial charge in [0.2, 0.25) is 5.91 Å². The van der Waals surface area contributed by atoms with Gasteiger partial charge in [0.25, 0.3) is 0 Å². The van der Waals surface area contributed by atoms with Gasteiger partial charge in [0.1, 0.15) is 0 Å². The van der Waals surface area contributed by atoms with Crippen LogP contribution in [0.4, 0.5) is 5.69 Å². The van der Waals surface area contributed by atoms with Gasteiger partial charge in [0.05, 0.1) is 6.04 Å². The molecule has 1 aromatic carbocycles. The first-order valence-corrected chi connectivity index (χ1v) is 8.06. The van der Waals surface area contributed by atoms with Crippen LogP contribution in [0.2, 0.25) is 0 Å². The topological polar surface area (TPSA) is 41.1 Å². The molecule has 2 N–H and O–H groups in total. The monoisotopic (exact) mass is 352 g/mol. The Hall–Kier alpha value is -1.17. The van der Waals surface area contributed by atoms with Crippen molar-refractivity contribution in [3.63, 3.8) is 0 Å². The molecule has 0 aliphatic rings. The summed E-state index contributed by atoms with van der Waals surface area (Å²) in [7, 11) is 0. The van der Waals surface area contributed by atoms with Crippen LogP contribution >= 0.6 is 27.3 Å². The Bertz CT molecular complexity index is 580. The number of hydrogen-bond acceptors (Lipinski definition) is 3. The van der Waals surface area contributed by atoms with Crippen molar-refractivity contribution in [2.45, 2.75) is 26.4 Å². The molecule has 0 bridgehead atoms. The molecule has 0 aliphatic heterocycles. The number of benzene rings is 1. The normalized spacial score (nSPS) is 12.2. The Morgan fingerprint density at radius 2 is 2.00 bits per heavy atom. The second-order valence-corrected chi connectivity index (χ2v) is 6.50. The summed E-state index contributed by atoms with van der Waals surface area (Å²) in [6.45, 7) is 4.57. The number of nitrogens with one attached hydrogen (secondary N) is 2. The summed E-state index contributed by atoms with van der Waals surface area (Å²) in [5.74, 6) is -0.0264. The predicted molar refractivity (Wildman–Crippen MR) is 88.1 cm³/mol. The van der Waals surface area contributed by atoms with E-state index in [4.69, 9.17) is 0 Å². The molecule has 0 radical (unpaired) electrons. The van der Waals surface area contributed by atoms with E-state index in [0.29, 0.717) is 6.54 Å². The van der Waals surface area contributed by atoms with Gasteiger partial charge in [-0.1, -0.05) is 17.7 Å². The Labute approximate surface area is 131 Å². The van der Waals surface area contributed by atoms with Crippen molar-refractivity contribution in [1.29, 1.82) is 0 Å². The van der Waals surface area contributed by atoms with Crippen LogP contribution in [0.15, 0.2) is 40.2 Å². The minimum Gasteiger partial charge on any atom is -0.325 e. The second kappa shape index (κ2) is 7.02. The number of thiophene rings is 1. The third-order valence-electron chi connectivity index (χ3n) is 2.97. The quantitative estimate of drug-likeness (QED) is 0.855. The SMILES string of the molecule is Cc1ccc(NC(=O)C(C)NCc2sccc2Br)cc1. The number of rotatable bonds is 5. The third kappa shape index (κ3) is 4.16. The Balaban J connectivity index is 1.86. The highest BCUT2D eigenvalue weighted by Crippen LogP contribution is 2.22. The summed E-state index contributed by atoms with van der Waals surface area (Å²) in [5, 5.41) is 8.16. The van der Waals surface area contributed by atoms with Crippen LogP contribution in [0.5, 0.6) is 0 Å². The number of anilines is 1. The number of aryl methyl sites for hydroxylation is 1. The smallest absolute Gasteiger partial charge is 0.241 e. The van der Waals surface area contributed by atoms with E-state index >= 15 is 0 Å². The fraction of sp³-hybridized carbons (Fsp3) is 0.267. The lowest BCUT2D eigenvalue weighted by Crippen LogP contribution is -2.37. The van der Waals surface area contributed by atoms with E-state index in [0.717, 1.165) is 10.2 Å². The average molecular weight is 353 g/mol. The molecule has 5 heteroatoms. The summed E-state index contributed by atoms with van der Waals surface area (Å²) in [5.41, 5.74) is 2.00. The minimum absolute atomic E-state index is 0.0264. The average Bonchev–Trinajstić information content (AvgIpc) is 2.84. The molecule has 0 saturated carbocycles. The maximum atomic E-state index is 12.1. The van der Waals surface area contributed by atoms with E-state index in [2.05, 4.69) is 26.6 Å². The highest BCUT2D eigenvalue weighted by molar-refractivity contribution is 9.10. The van der Waals surface area contributed by atoms with Crippen molar-refractivity contribution in [2.24, 2.45) is 0 Å². The molecular weight excluding hydrogens is 336 g/mol. The highest BCUT2D eigenvalue weighted by atomic mass is 79.9. The van der Waals surface area contributed by atoms with Crippen LogP contribution in [-0.2, 0) is 11.3 Å². The van der Waals surface area contributed by atoms with Gasteiger partial charge in [-0.25, -0.2) is 0 Å². The number of amides is 1. The lowest BCUT2D eigenvalue weighted by Gasteiger charge is -2.14. The summed E-state index contributed by atoms with van der Waals surface area (Å²) in [4.78, 5) is 13.3. The van der Waals surface area contributed by atoms with Crippen molar-refractivity contribution < 1.29 is 4.79 Å². The highest BCUT2D eigenvalue weighted by Gasteiger charge is 2.13. The molecule has 1 unspecified atom stereocenters. The zero-order chi connectivity index (χ0) is 14.5. The van der Waals surface area contributed by atoms with E-state index < -0.39 is 0 Å². The standard InChI is InChI=1S/C15H17BrN2OS/c1-10-3-5-12(6-4-10)18-15(19)11(2)17-9-14-13(16)7-8-20-14/h3-8,11,17H,9H2,1-2H3,(H,18,19). The molecule has 2 rings (SSSR count). The van der Waals surface area contributed by atoms with Gasteiger partial charge in [-0.2, -0.15) is 0 Å². The van der Waals surface area contributed by atoms with Gasteiger partial charge < -0.3 is 10.6 Å². The van der Waals surface area contributed by atoms with Crippen LogP contribution in [0.1, 0.15) is 17.4 Å². The van der Waals surface area contributed by atoms with Gasteiger partial charge in [0.15, 0.2) is 0 Å². The molecular formula is C15H17BrN2OS. The Morgan fingerprint density at radius 3 is 2.60 bits per heavy atom. The van der Waals surface area contributed by atoms with Gasteiger partial charge in [-0.15, -0.1) is 11.3 Å². The summed E-state index contributed by atoms with van der Waals surface area (Å²) < 4.78 is 1.08. The van der Waals surface area contributed by atoms with E-state index in [1.165, 1.54) is 10.4 Å². The second-order valence-electron chi connectivity index (χ2n) is 4.65. The zero-order valence-electron chi connectivity index (χ0n) is 11.4. The molecule has 1 heterocycles. The Kier molecular flexibility index (Phi) is 5.34. The third-order valence-corrected chi connectivity index (χ3v) is 4.90. The largest absolute Gasteiger partial charge is 0.325 e. The molecule has 2 aromatic rings. The number of hydrogen-bond donors (Lipinski definition) is 2. The van der Waals surface area contributed by atoms with Crippen molar-refractivity contribution in [3.8, 4) is 0 Å². The summed E-state index contributed by atoms with van der Waals surface area (Å²) in [6, 6.07) is 9.56. The molecule has 106 valence electrons. The van der Waals surface area contributed by atoms with E-state index in [-0.39, 0.29) is 11.9 Å². The molecule has 3 nitrogen and oxygen atoms in total. The maximum Gasteiger partial charge on any atom is 0.241 e. The van der Waals surface area contributed by atoms with Crippen molar-refractivity contribution >= 4 is 38.9 Å². The molecule has 0 aliphatic carbocycles. The molecule has 1 aromatic heterocycles. The molecule has 1 atom stereocenters. The van der Waals surface area contributed by atoms with Gasteiger partial charge in [0, 0.05) is 21.6 Å². The van der Waals surface area contributed by atoms with E-state index in [1.54, 1.807) is 11.3 Å². The van der Waals surface area contributed by atoms with Crippen LogP contribution in [0.25, 0.3) is 0 Å². The lowest BCUT2D eigenvalue weighted by molar-refractivity contribution is -0.117. The van der Waals surface area contributed by atoms with Crippen LogP contribution in [0.3, 0.4) is 0 Å². The summed E-state index contributed by atoms with van der Waals surface area (Å²) in [6.07, 6.45) is 0. The fourth-order valence-corrected chi connectivity index (χ4v) is 3.12. The first-order chi connectivity index (χ1) is 9.56. The van der Waals surface area contributed by atoms with Crippen molar-refractivity contribution in [2.75, 3.05) is 5.32 Å². The lowest BCUT2D eigenvalue weighted by atomic mass is 10.2. The van der Waals surface area contributed by atoms with Crippen molar-refractivity contribution in [1.82, 2.24) is 5.32 Å². The number of carbonyl (C=O) groups is 1. The first-order valence-electron chi connectivity index (χ1n) is 6.39. The van der Waals surface area contributed by atoms with E-state index in [9.17, 15) is 4.79 Å². The van der Waals surface area contributed by atoms with Crippen LogP contribution < -0.4 is 10.6 Å². The van der Waals surface area contributed by atoms with Crippen LogP contribution in [0, 0.1) is 6.92 Å². The molecule has 1 amide bonds. The van der Waals surface area contributed by atoms with Crippen molar-refractivity contribution in [3.05, 3.63) is 50.6 Å². The fourth-order valence-electron chi connectivity index (χ4n) is 1.68. The summed E-state index contributed by atoms with van der Waals surface area (Å²) >= 11 is 5.15. The van der Waals surface area contributed by atoms with E-state index in [1.807, 2.05) is 49.6 Å². The van der Waals surface area contributed by atoms with Gasteiger partial charge in [-0.05, 0) is 53.4 Å². The minimum atomic E-state index is -0.245. The molecule has 0 fully saturated rings. The van der Waals surface area contributed by atoms with Gasteiger partial charge in [-0.3, -0.25) is 4.79 Å². The zero-order valence-corrected chi connectivity index (χ0v) is 13.8. The first kappa shape index (κ1) is 15.2. The van der Waals surface area contributed by atoms with Gasteiger partial charge >= 0.3 is 0 Å². The number of carbonyl (C=O) groups excluding carboxylic acids is 1. The molecule has 20 heavy (non-hydrogen) atoms. The maximum absolute atomic E-state index is 12.1. The Morgan fingerprint density at radius 1 is 1.30 bits per heavy atom. The predicted octanol–water partition coefficient (Wildman–Crippen LogP) is 3.94. The number of halogens is 1.